The molecule has 1 aliphatic heterocycles. The second-order valence-electron chi connectivity index (χ2n) is 14.1. The van der Waals surface area contributed by atoms with Crippen molar-refractivity contribution in [3.05, 3.63) is 180 Å². The molecule has 258 valence electrons. The minimum absolute atomic E-state index is 0.437. The van der Waals surface area contributed by atoms with Crippen molar-refractivity contribution in [2.75, 3.05) is 0 Å². The highest BCUT2D eigenvalue weighted by atomic mass is 32.1. The van der Waals surface area contributed by atoms with Crippen molar-refractivity contribution >= 4 is 97.8 Å². The fraction of sp³-hybridized carbons (Fsp3) is 0.0204. The number of furan rings is 2. The molecule has 12 rings (SSSR count). The van der Waals surface area contributed by atoms with E-state index in [1.165, 1.54) is 25.6 Å². The highest BCUT2D eigenvalue weighted by Gasteiger charge is 2.26. The average molecular weight is 724 g/mol. The maximum absolute atomic E-state index is 6.65. The molecule has 3 aromatic heterocycles. The van der Waals surface area contributed by atoms with Crippen molar-refractivity contribution in [1.82, 2.24) is 5.32 Å². The van der Waals surface area contributed by atoms with Crippen molar-refractivity contribution in [1.29, 1.82) is 0 Å². The standard InChI is InChI=1S/C49H29N3O2S/c1-2-11-29-24-30(21-20-28(29)10-1)47-50-48(31-22-23-35-34-12-3-6-16-39(34)53-41(35)26-31)52-49(51-47)38-25-32(27-42-45(38)36-13-4-7-17-40(36)54-42)33-15-9-19-44-46(33)37-14-5-8-18-43(37)55-44/h1-27,48H,(H,50,51,52). The average Bonchev–Trinajstić information content (AvgIpc) is 3.94. The Hall–Kier alpha value is -7.02. The molecule has 0 fully saturated rings. The first-order valence-corrected chi connectivity index (χ1v) is 19.2. The number of nitrogens with zero attached hydrogens (tertiary/aromatic N) is 2. The van der Waals surface area contributed by atoms with Crippen molar-refractivity contribution < 1.29 is 8.83 Å². The first-order chi connectivity index (χ1) is 27.2. The number of fused-ring (bicyclic) bond motifs is 10. The van der Waals surface area contributed by atoms with Crippen molar-refractivity contribution in [2.24, 2.45) is 9.98 Å². The summed E-state index contributed by atoms with van der Waals surface area (Å²) in [5.74, 6) is 1.39. The molecule has 0 spiro atoms. The summed E-state index contributed by atoms with van der Waals surface area (Å²) in [6.45, 7) is 0. The molecule has 5 nitrogen and oxygen atoms in total. The highest BCUT2D eigenvalue weighted by Crippen LogP contribution is 2.43. The summed E-state index contributed by atoms with van der Waals surface area (Å²) in [5, 5.41) is 12.7. The number of aliphatic imine (C=N–C) groups is 2. The third-order valence-electron chi connectivity index (χ3n) is 10.9. The summed E-state index contributed by atoms with van der Waals surface area (Å²) >= 11 is 1.82. The summed E-state index contributed by atoms with van der Waals surface area (Å²) in [5.41, 5.74) is 8.42. The van der Waals surface area contributed by atoms with Gasteiger partial charge in [-0.25, -0.2) is 9.98 Å². The molecule has 0 radical (unpaired) electrons. The van der Waals surface area contributed by atoms with Gasteiger partial charge < -0.3 is 14.2 Å². The number of hydrogen-bond acceptors (Lipinski definition) is 6. The first-order valence-electron chi connectivity index (χ1n) is 18.4. The molecule has 55 heavy (non-hydrogen) atoms. The second kappa shape index (κ2) is 11.7. The number of hydrogen-bond donors (Lipinski definition) is 1. The van der Waals surface area contributed by atoms with Crippen molar-refractivity contribution in [3.8, 4) is 11.1 Å². The third kappa shape index (κ3) is 4.78. The molecule has 0 bridgehead atoms. The Bertz CT molecular complexity index is 3440. The lowest BCUT2D eigenvalue weighted by atomic mass is 9.95. The minimum Gasteiger partial charge on any atom is -0.456 e. The zero-order chi connectivity index (χ0) is 36.0. The van der Waals surface area contributed by atoms with Gasteiger partial charge in [-0.3, -0.25) is 0 Å². The van der Waals surface area contributed by atoms with E-state index in [-0.39, 0.29) is 0 Å². The van der Waals surface area contributed by atoms with E-state index in [1.54, 1.807) is 0 Å². The summed E-state index contributed by atoms with van der Waals surface area (Å²) in [7, 11) is 0. The van der Waals surface area contributed by atoms with Gasteiger partial charge in [0, 0.05) is 58.4 Å². The molecule has 0 amide bonds. The second-order valence-corrected chi connectivity index (χ2v) is 15.2. The molecule has 1 atom stereocenters. The van der Waals surface area contributed by atoms with Crippen LogP contribution < -0.4 is 5.32 Å². The molecule has 0 aliphatic carbocycles. The molecule has 6 heteroatoms. The molecular weight excluding hydrogens is 695 g/mol. The summed E-state index contributed by atoms with van der Waals surface area (Å²) in [6, 6.07) is 57.4. The first kappa shape index (κ1) is 30.4. The van der Waals surface area contributed by atoms with E-state index in [9.17, 15) is 0 Å². The van der Waals surface area contributed by atoms with Crippen LogP contribution in [0.15, 0.2) is 183 Å². The maximum atomic E-state index is 6.65. The zero-order valence-corrected chi connectivity index (χ0v) is 30.1. The van der Waals surface area contributed by atoms with Crippen LogP contribution in [0.1, 0.15) is 22.9 Å². The van der Waals surface area contributed by atoms with Crippen molar-refractivity contribution in [2.45, 2.75) is 6.17 Å². The van der Waals surface area contributed by atoms with Crippen LogP contribution in [0.25, 0.3) is 85.9 Å². The zero-order valence-electron chi connectivity index (χ0n) is 29.3. The Balaban J connectivity index is 1.12. The van der Waals surface area contributed by atoms with Gasteiger partial charge in [0.15, 0.2) is 5.84 Å². The van der Waals surface area contributed by atoms with Gasteiger partial charge >= 0.3 is 0 Å². The molecule has 1 aliphatic rings. The minimum atomic E-state index is -0.437. The Kier molecular flexibility index (Phi) is 6.50. The van der Waals surface area contributed by atoms with Crippen LogP contribution in [0.2, 0.25) is 0 Å². The fourth-order valence-electron chi connectivity index (χ4n) is 8.34. The maximum Gasteiger partial charge on any atom is 0.160 e. The monoisotopic (exact) mass is 723 g/mol. The lowest BCUT2D eigenvalue weighted by Gasteiger charge is -2.24. The van der Waals surface area contributed by atoms with Gasteiger partial charge in [0.1, 0.15) is 34.3 Å². The summed E-state index contributed by atoms with van der Waals surface area (Å²) in [4.78, 5) is 10.8. The van der Waals surface area contributed by atoms with E-state index in [0.29, 0.717) is 5.84 Å². The van der Waals surface area contributed by atoms with Crippen LogP contribution in [0.5, 0.6) is 0 Å². The van der Waals surface area contributed by atoms with Crippen LogP contribution in [0.4, 0.5) is 0 Å². The number of benzene rings is 8. The van der Waals surface area contributed by atoms with E-state index >= 15 is 0 Å². The molecular formula is C49H29N3O2S. The Morgan fingerprint density at radius 2 is 1.20 bits per heavy atom. The number of amidine groups is 2. The molecule has 1 N–H and O–H groups in total. The molecule has 8 aromatic carbocycles. The number of para-hydroxylation sites is 2. The molecule has 4 heterocycles. The topological polar surface area (TPSA) is 63.0 Å². The van der Waals surface area contributed by atoms with Gasteiger partial charge in [-0.2, -0.15) is 0 Å². The van der Waals surface area contributed by atoms with Gasteiger partial charge in [0.2, 0.25) is 0 Å². The fourth-order valence-corrected chi connectivity index (χ4v) is 9.47. The van der Waals surface area contributed by atoms with E-state index in [0.717, 1.165) is 82.9 Å². The lowest BCUT2D eigenvalue weighted by Crippen LogP contribution is -2.33. The predicted molar refractivity (Wildman–Crippen MR) is 229 cm³/mol. The van der Waals surface area contributed by atoms with Gasteiger partial charge in [0.05, 0.1) is 0 Å². The molecule has 11 aromatic rings. The normalized spacial score (nSPS) is 14.7. The van der Waals surface area contributed by atoms with Crippen LogP contribution in [-0.4, -0.2) is 11.7 Å². The van der Waals surface area contributed by atoms with Gasteiger partial charge in [-0.1, -0.05) is 115 Å². The third-order valence-corrected chi connectivity index (χ3v) is 12.1. The van der Waals surface area contributed by atoms with E-state index < -0.39 is 6.17 Å². The number of thiophene rings is 1. The highest BCUT2D eigenvalue weighted by molar-refractivity contribution is 7.25. The van der Waals surface area contributed by atoms with Crippen molar-refractivity contribution in [3.63, 3.8) is 0 Å². The Labute approximate surface area is 318 Å². The van der Waals surface area contributed by atoms with Crippen LogP contribution in [-0.2, 0) is 0 Å². The predicted octanol–water partition coefficient (Wildman–Crippen LogP) is 13.2. The molecule has 0 saturated heterocycles. The molecule has 1 unspecified atom stereocenters. The van der Waals surface area contributed by atoms with E-state index in [1.807, 2.05) is 41.7 Å². The Morgan fingerprint density at radius 3 is 2.11 bits per heavy atom. The molecule has 0 saturated carbocycles. The number of nitrogens with one attached hydrogen (secondary N) is 1. The Morgan fingerprint density at radius 1 is 0.473 bits per heavy atom. The van der Waals surface area contributed by atoms with E-state index in [2.05, 4.69) is 139 Å². The SMILES string of the molecule is c1ccc2cc(C3=NC(c4cc(-c5cccc6sc7ccccc7c56)cc5oc6ccccc6c45)=NC(c4ccc5c(c4)oc4ccccc45)N3)ccc2c1. The van der Waals surface area contributed by atoms with Gasteiger partial charge in [0.25, 0.3) is 0 Å². The van der Waals surface area contributed by atoms with E-state index in [4.69, 9.17) is 18.8 Å². The van der Waals surface area contributed by atoms with Crippen LogP contribution in [0.3, 0.4) is 0 Å². The quantitative estimate of drug-likeness (QED) is 0.197. The summed E-state index contributed by atoms with van der Waals surface area (Å²) in [6.07, 6.45) is -0.437. The smallest absolute Gasteiger partial charge is 0.160 e. The largest absolute Gasteiger partial charge is 0.456 e. The van der Waals surface area contributed by atoms with Crippen LogP contribution in [0, 0.1) is 0 Å². The van der Waals surface area contributed by atoms with Gasteiger partial charge in [-0.05, 0) is 70.4 Å². The van der Waals surface area contributed by atoms with Gasteiger partial charge in [-0.15, -0.1) is 11.3 Å². The van der Waals surface area contributed by atoms with Crippen LogP contribution >= 0.6 is 11.3 Å². The summed E-state index contributed by atoms with van der Waals surface area (Å²) < 4.78 is 15.5. The lowest BCUT2D eigenvalue weighted by molar-refractivity contribution is 0.655. The number of rotatable bonds is 4.